The molecule has 1 saturated carbocycles. The standard InChI is InChI=1S/C9H16N4/c1-3-8(10)9-12-11-6(2)13(9)7-4-5-7/h7-8H,3-5,10H2,1-2H3/t8-/m1/s1. The normalized spacial score (nSPS) is 19.0. The summed E-state index contributed by atoms with van der Waals surface area (Å²) in [6.07, 6.45) is 3.43. The fourth-order valence-corrected chi connectivity index (χ4v) is 1.61. The Hall–Kier alpha value is -0.900. The van der Waals surface area contributed by atoms with Gasteiger partial charge in [-0.05, 0) is 26.2 Å². The van der Waals surface area contributed by atoms with Crippen molar-refractivity contribution < 1.29 is 0 Å². The van der Waals surface area contributed by atoms with Crippen LogP contribution in [0.2, 0.25) is 0 Å². The van der Waals surface area contributed by atoms with Crippen LogP contribution in [0.3, 0.4) is 0 Å². The first kappa shape index (κ1) is 8.69. The van der Waals surface area contributed by atoms with Crippen molar-refractivity contribution in [1.29, 1.82) is 0 Å². The van der Waals surface area contributed by atoms with Gasteiger partial charge in [-0.15, -0.1) is 10.2 Å². The van der Waals surface area contributed by atoms with Crippen LogP contribution >= 0.6 is 0 Å². The van der Waals surface area contributed by atoms with Crippen molar-refractivity contribution in [1.82, 2.24) is 14.8 Å². The monoisotopic (exact) mass is 180 g/mol. The van der Waals surface area contributed by atoms with Gasteiger partial charge in [-0.2, -0.15) is 0 Å². The van der Waals surface area contributed by atoms with E-state index in [2.05, 4.69) is 21.7 Å². The summed E-state index contributed by atoms with van der Waals surface area (Å²) in [5.41, 5.74) is 5.95. The zero-order chi connectivity index (χ0) is 9.42. The van der Waals surface area contributed by atoms with E-state index in [1.165, 1.54) is 12.8 Å². The van der Waals surface area contributed by atoms with Crippen LogP contribution in [0.4, 0.5) is 0 Å². The van der Waals surface area contributed by atoms with Crippen molar-refractivity contribution >= 4 is 0 Å². The van der Waals surface area contributed by atoms with Gasteiger partial charge in [0.05, 0.1) is 6.04 Å². The molecule has 1 aliphatic carbocycles. The van der Waals surface area contributed by atoms with E-state index in [4.69, 9.17) is 5.73 Å². The summed E-state index contributed by atoms with van der Waals surface area (Å²) < 4.78 is 2.20. The molecule has 1 fully saturated rings. The van der Waals surface area contributed by atoms with Crippen molar-refractivity contribution in [3.05, 3.63) is 11.6 Å². The van der Waals surface area contributed by atoms with Crippen molar-refractivity contribution in [2.75, 3.05) is 0 Å². The highest BCUT2D eigenvalue weighted by atomic mass is 15.3. The van der Waals surface area contributed by atoms with E-state index in [0.29, 0.717) is 6.04 Å². The van der Waals surface area contributed by atoms with Crippen LogP contribution in [-0.4, -0.2) is 14.8 Å². The molecule has 2 N–H and O–H groups in total. The quantitative estimate of drug-likeness (QED) is 0.763. The highest BCUT2D eigenvalue weighted by Gasteiger charge is 2.29. The number of aryl methyl sites for hydroxylation is 1. The van der Waals surface area contributed by atoms with Gasteiger partial charge in [0.15, 0.2) is 0 Å². The van der Waals surface area contributed by atoms with E-state index in [9.17, 15) is 0 Å². The van der Waals surface area contributed by atoms with Crippen LogP contribution < -0.4 is 5.73 Å². The number of aromatic nitrogens is 3. The molecule has 0 unspecified atom stereocenters. The molecule has 1 aromatic rings. The van der Waals surface area contributed by atoms with Gasteiger partial charge < -0.3 is 10.3 Å². The van der Waals surface area contributed by atoms with Crippen LogP contribution in [0.5, 0.6) is 0 Å². The van der Waals surface area contributed by atoms with Crippen LogP contribution in [-0.2, 0) is 0 Å². The first-order valence-electron chi connectivity index (χ1n) is 4.91. The Morgan fingerprint density at radius 2 is 2.23 bits per heavy atom. The molecule has 2 rings (SSSR count). The van der Waals surface area contributed by atoms with Crippen molar-refractivity contribution in [3.63, 3.8) is 0 Å². The second-order valence-electron chi connectivity index (χ2n) is 3.72. The Morgan fingerprint density at radius 1 is 1.54 bits per heavy atom. The molecule has 0 radical (unpaired) electrons. The summed E-state index contributed by atoms with van der Waals surface area (Å²) >= 11 is 0. The average molecular weight is 180 g/mol. The topological polar surface area (TPSA) is 56.7 Å². The lowest BCUT2D eigenvalue weighted by Crippen LogP contribution is -2.15. The van der Waals surface area contributed by atoms with Gasteiger partial charge in [0.1, 0.15) is 11.6 Å². The molecule has 0 aromatic carbocycles. The minimum absolute atomic E-state index is 0.0433. The van der Waals surface area contributed by atoms with Gasteiger partial charge in [0.25, 0.3) is 0 Å². The third kappa shape index (κ3) is 1.46. The molecule has 0 aliphatic heterocycles. The van der Waals surface area contributed by atoms with Gasteiger partial charge in [0, 0.05) is 6.04 Å². The Balaban J connectivity index is 2.33. The molecule has 4 nitrogen and oxygen atoms in total. The van der Waals surface area contributed by atoms with Crippen molar-refractivity contribution in [2.45, 2.75) is 45.2 Å². The summed E-state index contributed by atoms with van der Waals surface area (Å²) in [4.78, 5) is 0. The zero-order valence-electron chi connectivity index (χ0n) is 8.20. The Kier molecular flexibility index (Phi) is 2.07. The summed E-state index contributed by atoms with van der Waals surface area (Å²) in [5.74, 6) is 1.96. The predicted octanol–water partition coefficient (Wildman–Crippen LogP) is 1.33. The second-order valence-corrected chi connectivity index (χ2v) is 3.72. The molecule has 1 atom stereocenters. The number of nitrogens with two attached hydrogens (primary N) is 1. The predicted molar refractivity (Wildman–Crippen MR) is 50.2 cm³/mol. The minimum Gasteiger partial charge on any atom is -0.321 e. The molecule has 72 valence electrons. The maximum absolute atomic E-state index is 5.95. The fourth-order valence-electron chi connectivity index (χ4n) is 1.61. The second kappa shape index (κ2) is 3.10. The van der Waals surface area contributed by atoms with E-state index in [-0.39, 0.29) is 6.04 Å². The van der Waals surface area contributed by atoms with E-state index < -0.39 is 0 Å². The third-order valence-electron chi connectivity index (χ3n) is 2.58. The zero-order valence-corrected chi connectivity index (χ0v) is 8.20. The lowest BCUT2D eigenvalue weighted by molar-refractivity contribution is 0.574. The lowest BCUT2D eigenvalue weighted by Gasteiger charge is -2.11. The van der Waals surface area contributed by atoms with E-state index >= 15 is 0 Å². The van der Waals surface area contributed by atoms with Gasteiger partial charge in [-0.3, -0.25) is 0 Å². The summed E-state index contributed by atoms with van der Waals surface area (Å²) in [5, 5.41) is 8.22. The van der Waals surface area contributed by atoms with Crippen LogP contribution in [0.15, 0.2) is 0 Å². The number of rotatable bonds is 3. The van der Waals surface area contributed by atoms with Gasteiger partial charge in [-0.25, -0.2) is 0 Å². The highest BCUT2D eigenvalue weighted by Crippen LogP contribution is 2.37. The number of hydrogen-bond donors (Lipinski definition) is 1. The summed E-state index contributed by atoms with van der Waals surface area (Å²) in [7, 11) is 0. The van der Waals surface area contributed by atoms with Gasteiger partial charge >= 0.3 is 0 Å². The van der Waals surface area contributed by atoms with Gasteiger partial charge in [0.2, 0.25) is 0 Å². The summed E-state index contributed by atoms with van der Waals surface area (Å²) in [6, 6.07) is 0.671. The molecular formula is C9H16N4. The maximum Gasteiger partial charge on any atom is 0.150 e. The number of hydrogen-bond acceptors (Lipinski definition) is 3. The average Bonchev–Trinajstić information content (AvgIpc) is 2.89. The smallest absolute Gasteiger partial charge is 0.150 e. The molecule has 0 saturated heterocycles. The van der Waals surface area contributed by atoms with E-state index in [1.807, 2.05) is 6.92 Å². The van der Waals surface area contributed by atoms with Crippen molar-refractivity contribution in [2.24, 2.45) is 5.73 Å². The Bertz CT molecular complexity index is 301. The van der Waals surface area contributed by atoms with E-state index in [1.54, 1.807) is 0 Å². The molecule has 1 aliphatic rings. The van der Waals surface area contributed by atoms with Crippen molar-refractivity contribution in [3.8, 4) is 0 Å². The maximum atomic E-state index is 5.95. The molecule has 1 heterocycles. The van der Waals surface area contributed by atoms with Crippen LogP contribution in [0.25, 0.3) is 0 Å². The molecule has 1 aromatic heterocycles. The van der Waals surface area contributed by atoms with Crippen LogP contribution in [0, 0.1) is 6.92 Å². The molecule has 13 heavy (non-hydrogen) atoms. The van der Waals surface area contributed by atoms with E-state index in [0.717, 1.165) is 18.1 Å². The molecule has 0 amide bonds. The third-order valence-corrected chi connectivity index (χ3v) is 2.58. The fraction of sp³-hybridized carbons (Fsp3) is 0.778. The first-order chi connectivity index (χ1) is 6.24. The highest BCUT2D eigenvalue weighted by molar-refractivity contribution is 5.04. The molecule has 4 heteroatoms. The molecule has 0 bridgehead atoms. The number of nitrogens with zero attached hydrogens (tertiary/aromatic N) is 3. The largest absolute Gasteiger partial charge is 0.321 e. The molecule has 0 spiro atoms. The Morgan fingerprint density at radius 3 is 2.77 bits per heavy atom. The van der Waals surface area contributed by atoms with Crippen LogP contribution in [0.1, 0.15) is 49.9 Å². The molecular weight excluding hydrogens is 164 g/mol. The van der Waals surface area contributed by atoms with Gasteiger partial charge in [-0.1, -0.05) is 6.92 Å². The SMILES string of the molecule is CC[C@@H](N)c1nnc(C)n1C1CC1. The first-order valence-corrected chi connectivity index (χ1v) is 4.91. The minimum atomic E-state index is 0.0433. The summed E-state index contributed by atoms with van der Waals surface area (Å²) in [6.45, 7) is 4.07. The lowest BCUT2D eigenvalue weighted by atomic mass is 10.2. The Labute approximate surface area is 78.1 Å².